The number of aromatic nitrogens is 1. The first-order valence-electron chi connectivity index (χ1n) is 11.1. The maximum absolute atomic E-state index is 13.7. The van der Waals surface area contributed by atoms with Crippen molar-refractivity contribution in [3.63, 3.8) is 0 Å². The molecule has 0 spiro atoms. The van der Waals surface area contributed by atoms with Crippen molar-refractivity contribution in [2.45, 2.75) is 32.9 Å². The number of nitrogens with zero attached hydrogens (tertiary/aromatic N) is 2. The molecule has 5 rings (SSSR count). The summed E-state index contributed by atoms with van der Waals surface area (Å²) in [6.45, 7) is 4.72. The molecule has 32 heavy (non-hydrogen) atoms. The summed E-state index contributed by atoms with van der Waals surface area (Å²) in [5, 5.41) is 3.12. The Morgan fingerprint density at radius 3 is 2.44 bits per heavy atom. The van der Waals surface area contributed by atoms with Gasteiger partial charge in [0, 0.05) is 17.6 Å². The van der Waals surface area contributed by atoms with Crippen molar-refractivity contribution in [1.82, 2.24) is 9.47 Å². The molecule has 1 aliphatic rings. The minimum atomic E-state index is -0.200. The van der Waals surface area contributed by atoms with E-state index in [1.807, 2.05) is 42.2 Å². The molecular formula is C28H27N3O. The van der Waals surface area contributed by atoms with E-state index in [1.165, 1.54) is 11.1 Å². The number of nitrogens with one attached hydrogen (secondary N) is 1. The molecule has 0 saturated carbocycles. The Morgan fingerprint density at radius 2 is 1.69 bits per heavy atom. The summed E-state index contributed by atoms with van der Waals surface area (Å²) in [5.41, 5.74) is 7.68. The first kappa shape index (κ1) is 20.1. The third kappa shape index (κ3) is 3.69. The third-order valence-corrected chi connectivity index (χ3v) is 6.23. The molecule has 3 aromatic carbocycles. The van der Waals surface area contributed by atoms with Gasteiger partial charge in [0.25, 0.3) is 0 Å². The molecular weight excluding hydrogens is 394 g/mol. The summed E-state index contributed by atoms with van der Waals surface area (Å²) in [7, 11) is 0. The van der Waals surface area contributed by atoms with Crippen molar-refractivity contribution < 1.29 is 4.79 Å². The Balaban J connectivity index is 1.61. The van der Waals surface area contributed by atoms with Crippen molar-refractivity contribution in [3.8, 4) is 5.69 Å². The Bertz CT molecular complexity index is 1240. The van der Waals surface area contributed by atoms with Crippen molar-refractivity contribution >= 4 is 11.7 Å². The highest BCUT2D eigenvalue weighted by atomic mass is 16.2. The molecule has 4 nitrogen and oxygen atoms in total. The van der Waals surface area contributed by atoms with Gasteiger partial charge in [-0.05, 0) is 60.4 Å². The number of para-hydroxylation sites is 1. The molecule has 0 saturated heterocycles. The monoisotopic (exact) mass is 421 g/mol. The lowest BCUT2D eigenvalue weighted by atomic mass is 10.00. The maximum atomic E-state index is 13.7. The minimum Gasteiger partial charge on any atom is -0.318 e. The van der Waals surface area contributed by atoms with Crippen LogP contribution in [0.4, 0.5) is 10.5 Å². The number of amides is 2. The zero-order valence-electron chi connectivity index (χ0n) is 18.5. The number of hydrogen-bond acceptors (Lipinski definition) is 1. The summed E-state index contributed by atoms with van der Waals surface area (Å²) >= 11 is 0. The molecule has 0 aliphatic carbocycles. The van der Waals surface area contributed by atoms with Crippen LogP contribution in [0.3, 0.4) is 0 Å². The smallest absolute Gasteiger partial charge is 0.318 e. The second-order valence-electron chi connectivity index (χ2n) is 8.35. The third-order valence-electron chi connectivity index (χ3n) is 6.23. The summed E-state index contributed by atoms with van der Waals surface area (Å²) < 4.78 is 2.22. The number of hydrogen-bond donors (Lipinski definition) is 1. The number of benzene rings is 3. The number of aryl methyl sites for hydroxylation is 2. The minimum absolute atomic E-state index is 0.108. The molecule has 1 aromatic heterocycles. The van der Waals surface area contributed by atoms with Gasteiger partial charge >= 0.3 is 6.03 Å². The van der Waals surface area contributed by atoms with E-state index in [2.05, 4.69) is 77.6 Å². The fourth-order valence-corrected chi connectivity index (χ4v) is 4.46. The van der Waals surface area contributed by atoms with E-state index in [0.717, 1.165) is 34.6 Å². The summed E-state index contributed by atoms with van der Waals surface area (Å²) in [6.07, 6.45) is 3.08. The van der Waals surface area contributed by atoms with Gasteiger partial charge in [-0.1, -0.05) is 67.1 Å². The van der Waals surface area contributed by atoms with E-state index in [4.69, 9.17) is 0 Å². The molecule has 0 fully saturated rings. The van der Waals surface area contributed by atoms with Gasteiger partial charge in [-0.15, -0.1) is 0 Å². The molecule has 1 N–H and O–H groups in total. The SMILES string of the molecule is CCc1ccc(C2c3cccn3-c3ccccc3CN2C(=O)Nc2ccc(C)cc2)cc1. The largest absolute Gasteiger partial charge is 0.322 e. The quantitative estimate of drug-likeness (QED) is 0.404. The number of rotatable bonds is 3. The molecule has 1 atom stereocenters. The Morgan fingerprint density at radius 1 is 0.938 bits per heavy atom. The van der Waals surface area contributed by atoms with Crippen molar-refractivity contribution in [2.24, 2.45) is 0 Å². The number of fused-ring (bicyclic) bond motifs is 3. The van der Waals surface area contributed by atoms with Crippen LogP contribution >= 0.6 is 0 Å². The van der Waals surface area contributed by atoms with E-state index in [9.17, 15) is 4.79 Å². The fourth-order valence-electron chi connectivity index (χ4n) is 4.46. The molecule has 0 bridgehead atoms. The maximum Gasteiger partial charge on any atom is 0.322 e. The zero-order chi connectivity index (χ0) is 22.1. The molecule has 2 heterocycles. The van der Waals surface area contributed by atoms with Crippen molar-refractivity contribution in [1.29, 1.82) is 0 Å². The van der Waals surface area contributed by atoms with Crippen LogP contribution in [0, 0.1) is 6.92 Å². The molecule has 1 aliphatic heterocycles. The van der Waals surface area contributed by atoms with Gasteiger partial charge in [0.2, 0.25) is 0 Å². The lowest BCUT2D eigenvalue weighted by Gasteiger charge is -2.31. The molecule has 2 amide bonds. The number of anilines is 1. The first-order chi connectivity index (χ1) is 15.6. The van der Waals surface area contributed by atoms with Gasteiger partial charge in [0.15, 0.2) is 0 Å². The van der Waals surface area contributed by atoms with Crippen LogP contribution in [0.2, 0.25) is 0 Å². The van der Waals surface area contributed by atoms with Crippen LogP contribution in [0.15, 0.2) is 91.1 Å². The van der Waals surface area contributed by atoms with Gasteiger partial charge in [-0.2, -0.15) is 0 Å². The Labute approximate surface area is 189 Å². The number of carbonyl (C=O) groups excluding carboxylic acids is 1. The summed E-state index contributed by atoms with van der Waals surface area (Å²) in [6, 6.07) is 28.7. The topological polar surface area (TPSA) is 37.3 Å². The summed E-state index contributed by atoms with van der Waals surface area (Å²) in [4.78, 5) is 15.6. The number of urea groups is 1. The van der Waals surface area contributed by atoms with Crippen LogP contribution in [0.25, 0.3) is 5.69 Å². The highest BCUT2D eigenvalue weighted by Crippen LogP contribution is 2.37. The van der Waals surface area contributed by atoms with Crippen molar-refractivity contribution in [3.05, 3.63) is 119 Å². The second kappa shape index (κ2) is 8.39. The van der Waals surface area contributed by atoms with E-state index in [0.29, 0.717) is 6.54 Å². The van der Waals surface area contributed by atoms with E-state index in [1.54, 1.807) is 0 Å². The molecule has 4 heteroatoms. The average molecular weight is 422 g/mol. The van der Waals surface area contributed by atoms with Gasteiger partial charge in [0.05, 0.1) is 18.3 Å². The van der Waals surface area contributed by atoms with Gasteiger partial charge < -0.3 is 14.8 Å². The highest BCUT2D eigenvalue weighted by molar-refractivity contribution is 5.90. The second-order valence-corrected chi connectivity index (χ2v) is 8.35. The number of carbonyl (C=O) groups is 1. The zero-order valence-corrected chi connectivity index (χ0v) is 18.5. The van der Waals surface area contributed by atoms with E-state index >= 15 is 0 Å². The van der Waals surface area contributed by atoms with E-state index in [-0.39, 0.29) is 12.1 Å². The van der Waals surface area contributed by atoms with Crippen LogP contribution in [0.1, 0.15) is 40.9 Å². The molecule has 4 aromatic rings. The summed E-state index contributed by atoms with van der Waals surface area (Å²) in [5.74, 6) is 0. The van der Waals surface area contributed by atoms with Crippen LogP contribution in [-0.2, 0) is 13.0 Å². The highest BCUT2D eigenvalue weighted by Gasteiger charge is 2.32. The van der Waals surface area contributed by atoms with Crippen LogP contribution in [0.5, 0.6) is 0 Å². The van der Waals surface area contributed by atoms with Gasteiger partial charge in [-0.3, -0.25) is 0 Å². The Hall–Kier alpha value is -3.79. The Kier molecular flexibility index (Phi) is 5.28. The lowest BCUT2D eigenvalue weighted by molar-refractivity contribution is 0.194. The molecule has 160 valence electrons. The lowest BCUT2D eigenvalue weighted by Crippen LogP contribution is -2.37. The predicted molar refractivity (Wildman–Crippen MR) is 129 cm³/mol. The molecule has 0 radical (unpaired) electrons. The van der Waals surface area contributed by atoms with Crippen LogP contribution < -0.4 is 5.32 Å². The normalized spacial score (nSPS) is 14.9. The first-order valence-corrected chi connectivity index (χ1v) is 11.1. The van der Waals surface area contributed by atoms with Crippen LogP contribution in [-0.4, -0.2) is 15.5 Å². The van der Waals surface area contributed by atoms with E-state index < -0.39 is 0 Å². The predicted octanol–water partition coefficient (Wildman–Crippen LogP) is 6.49. The standard InChI is InChI=1S/C28H27N3O/c1-3-21-12-14-22(15-13-21)27-26-9-6-18-30(26)25-8-5-4-7-23(25)19-31(27)28(32)29-24-16-10-20(2)11-17-24/h4-18,27H,3,19H2,1-2H3,(H,29,32). The fraction of sp³-hybridized carbons (Fsp3) is 0.179. The molecule has 1 unspecified atom stereocenters. The van der Waals surface area contributed by atoms with Crippen molar-refractivity contribution in [2.75, 3.05) is 5.32 Å². The van der Waals surface area contributed by atoms with Gasteiger partial charge in [0.1, 0.15) is 0 Å². The van der Waals surface area contributed by atoms with Gasteiger partial charge in [-0.25, -0.2) is 4.79 Å². The average Bonchev–Trinajstić information content (AvgIpc) is 3.25.